The lowest BCUT2D eigenvalue weighted by Crippen LogP contribution is -2.40. The van der Waals surface area contributed by atoms with Gasteiger partial charge in [-0.15, -0.1) is 0 Å². The lowest BCUT2D eigenvalue weighted by Gasteiger charge is -2.32. The topological polar surface area (TPSA) is 50.2 Å². The van der Waals surface area contributed by atoms with Crippen LogP contribution < -0.4 is 5.32 Å². The number of piperidine rings is 1. The Morgan fingerprint density at radius 1 is 1.06 bits per heavy atom. The number of hydrogen-bond donors (Lipinski definition) is 1. The fraction of sp³-hybridized carbons (Fsp3) is 0.407. The van der Waals surface area contributed by atoms with Gasteiger partial charge < -0.3 is 5.32 Å². The van der Waals surface area contributed by atoms with E-state index in [-0.39, 0.29) is 5.91 Å². The van der Waals surface area contributed by atoms with Crippen LogP contribution in [0.5, 0.6) is 0 Å². The Balaban J connectivity index is 1.24. The normalized spacial score (nSPS) is 18.5. The number of hydrogen-bond acceptors (Lipinski definition) is 3. The van der Waals surface area contributed by atoms with Crippen LogP contribution in [0, 0.1) is 12.8 Å². The maximum absolute atomic E-state index is 13.1. The van der Waals surface area contributed by atoms with Crippen molar-refractivity contribution in [2.75, 3.05) is 19.6 Å². The van der Waals surface area contributed by atoms with Gasteiger partial charge in [-0.25, -0.2) is 4.68 Å². The second-order valence-corrected chi connectivity index (χ2v) is 9.31. The van der Waals surface area contributed by atoms with Gasteiger partial charge in [0.2, 0.25) is 0 Å². The first-order valence-corrected chi connectivity index (χ1v) is 11.9. The molecule has 5 nitrogen and oxygen atoms in total. The summed E-state index contributed by atoms with van der Waals surface area (Å²) < 4.78 is 1.99. The number of nitrogens with one attached hydrogen (secondary N) is 1. The number of carbonyl (C=O) groups is 1. The molecule has 3 aromatic rings. The van der Waals surface area contributed by atoms with E-state index >= 15 is 0 Å². The minimum absolute atomic E-state index is 0.0193. The highest BCUT2D eigenvalue weighted by Crippen LogP contribution is 2.28. The molecule has 2 aromatic carbocycles. The minimum atomic E-state index is -0.0193. The molecule has 5 heteroatoms. The third-order valence-corrected chi connectivity index (χ3v) is 6.83. The third-order valence-electron chi connectivity index (χ3n) is 6.83. The Bertz CT molecular complexity index is 1070. The summed E-state index contributed by atoms with van der Waals surface area (Å²) in [6.45, 7) is 5.96. The van der Waals surface area contributed by atoms with Crippen molar-refractivity contribution in [3.63, 3.8) is 0 Å². The smallest absolute Gasteiger partial charge is 0.272 e. The fourth-order valence-electron chi connectivity index (χ4n) is 5.14. The molecule has 2 aliphatic rings. The summed E-state index contributed by atoms with van der Waals surface area (Å²) in [6.07, 6.45) is 5.38. The second-order valence-electron chi connectivity index (χ2n) is 9.31. The van der Waals surface area contributed by atoms with E-state index in [0.717, 1.165) is 56.7 Å². The number of amides is 1. The summed E-state index contributed by atoms with van der Waals surface area (Å²) >= 11 is 0. The van der Waals surface area contributed by atoms with Gasteiger partial charge in [-0.1, -0.05) is 48.0 Å². The Morgan fingerprint density at radius 2 is 1.88 bits per heavy atom. The van der Waals surface area contributed by atoms with Gasteiger partial charge in [-0.3, -0.25) is 9.69 Å². The molecule has 1 aliphatic carbocycles. The van der Waals surface area contributed by atoms with E-state index in [1.807, 2.05) is 4.68 Å². The molecule has 1 fully saturated rings. The van der Waals surface area contributed by atoms with Crippen LogP contribution in [0.3, 0.4) is 0 Å². The molecule has 0 radical (unpaired) electrons. The molecule has 2 heterocycles. The van der Waals surface area contributed by atoms with Crippen molar-refractivity contribution in [2.24, 2.45) is 5.92 Å². The highest BCUT2D eigenvalue weighted by molar-refractivity contribution is 5.94. The first-order chi connectivity index (χ1) is 15.7. The molecule has 1 unspecified atom stereocenters. The largest absolute Gasteiger partial charge is 0.350 e. The first-order valence-electron chi connectivity index (χ1n) is 11.9. The van der Waals surface area contributed by atoms with Gasteiger partial charge in [0.15, 0.2) is 5.69 Å². The van der Waals surface area contributed by atoms with E-state index in [0.29, 0.717) is 11.6 Å². The first kappa shape index (κ1) is 21.0. The number of rotatable bonds is 6. The van der Waals surface area contributed by atoms with E-state index in [2.05, 4.69) is 71.7 Å². The van der Waals surface area contributed by atoms with Crippen LogP contribution in [0.25, 0.3) is 5.69 Å². The minimum Gasteiger partial charge on any atom is -0.350 e. The van der Waals surface area contributed by atoms with E-state index in [4.69, 9.17) is 5.10 Å². The summed E-state index contributed by atoms with van der Waals surface area (Å²) in [5, 5.41) is 7.98. The number of fused-ring (bicyclic) bond motifs is 1. The molecule has 0 saturated carbocycles. The Morgan fingerprint density at radius 3 is 2.69 bits per heavy atom. The number of aromatic nitrogens is 2. The number of likely N-dealkylation sites (tertiary alicyclic amines) is 1. The van der Waals surface area contributed by atoms with Crippen molar-refractivity contribution < 1.29 is 4.79 Å². The lowest BCUT2D eigenvalue weighted by molar-refractivity contribution is 0.0924. The molecule has 166 valence electrons. The highest BCUT2D eigenvalue weighted by Gasteiger charge is 2.28. The van der Waals surface area contributed by atoms with Crippen LogP contribution in [0.15, 0.2) is 54.6 Å². The molecule has 1 aromatic heterocycles. The predicted molar refractivity (Wildman–Crippen MR) is 127 cm³/mol. The van der Waals surface area contributed by atoms with Crippen molar-refractivity contribution in [3.8, 4) is 5.69 Å². The number of aryl methyl sites for hydroxylation is 1. The predicted octanol–water partition coefficient (Wildman–Crippen LogP) is 4.31. The number of nitrogens with zero attached hydrogens (tertiary/aromatic N) is 3. The van der Waals surface area contributed by atoms with Crippen molar-refractivity contribution in [1.29, 1.82) is 0 Å². The van der Waals surface area contributed by atoms with Gasteiger partial charge in [0.05, 0.1) is 5.69 Å². The van der Waals surface area contributed by atoms with Crippen LogP contribution in [-0.4, -0.2) is 40.2 Å². The van der Waals surface area contributed by atoms with Crippen LogP contribution in [0.4, 0.5) is 0 Å². The zero-order chi connectivity index (χ0) is 21.9. The molecule has 5 rings (SSSR count). The molecule has 1 saturated heterocycles. The molecule has 1 atom stereocenters. The van der Waals surface area contributed by atoms with Gasteiger partial charge in [-0.2, -0.15) is 5.10 Å². The van der Waals surface area contributed by atoms with Crippen molar-refractivity contribution in [3.05, 3.63) is 82.7 Å². The number of benzene rings is 2. The SMILES string of the molecule is Cc1ccc(-n2nc(C(=O)NCC3CCCN(Cc4ccccc4)C3)c3c2CCC3)cc1. The summed E-state index contributed by atoms with van der Waals surface area (Å²) in [6, 6.07) is 19.0. The van der Waals surface area contributed by atoms with Crippen molar-refractivity contribution in [2.45, 2.75) is 45.6 Å². The fourth-order valence-corrected chi connectivity index (χ4v) is 5.14. The zero-order valence-electron chi connectivity index (χ0n) is 18.9. The molecule has 1 N–H and O–H groups in total. The summed E-state index contributed by atoms with van der Waals surface area (Å²) in [7, 11) is 0. The summed E-state index contributed by atoms with van der Waals surface area (Å²) in [5.41, 5.74) is 6.58. The monoisotopic (exact) mass is 428 g/mol. The molecule has 1 aliphatic heterocycles. The highest BCUT2D eigenvalue weighted by atomic mass is 16.2. The second kappa shape index (κ2) is 9.29. The van der Waals surface area contributed by atoms with Gasteiger partial charge in [-0.05, 0) is 69.2 Å². The average molecular weight is 429 g/mol. The molecular formula is C27H32N4O. The molecule has 0 bridgehead atoms. The molecular weight excluding hydrogens is 396 g/mol. The van der Waals surface area contributed by atoms with Gasteiger partial charge in [0.1, 0.15) is 0 Å². The van der Waals surface area contributed by atoms with E-state index in [9.17, 15) is 4.79 Å². The standard InChI is InChI=1S/C27H32N4O/c1-20-12-14-23(15-13-20)31-25-11-5-10-24(25)26(29-31)27(32)28-17-22-9-6-16-30(19-22)18-21-7-3-2-4-8-21/h2-4,7-8,12-15,22H,5-6,9-11,16-19H2,1H3,(H,28,32). The molecule has 32 heavy (non-hydrogen) atoms. The Labute approximate surface area is 190 Å². The third kappa shape index (κ3) is 4.49. The lowest BCUT2D eigenvalue weighted by atomic mass is 9.97. The van der Waals surface area contributed by atoms with E-state index in [1.165, 1.54) is 29.7 Å². The van der Waals surface area contributed by atoms with Crippen molar-refractivity contribution in [1.82, 2.24) is 20.0 Å². The van der Waals surface area contributed by atoms with Crippen LogP contribution in [0.1, 0.15) is 52.1 Å². The van der Waals surface area contributed by atoms with E-state index in [1.54, 1.807) is 0 Å². The van der Waals surface area contributed by atoms with Gasteiger partial charge >= 0.3 is 0 Å². The average Bonchev–Trinajstić information content (AvgIpc) is 3.42. The Kier molecular flexibility index (Phi) is 6.08. The van der Waals surface area contributed by atoms with E-state index < -0.39 is 0 Å². The van der Waals surface area contributed by atoms with Crippen LogP contribution in [0.2, 0.25) is 0 Å². The zero-order valence-corrected chi connectivity index (χ0v) is 18.9. The molecule has 1 amide bonds. The maximum atomic E-state index is 13.1. The van der Waals surface area contributed by atoms with Crippen molar-refractivity contribution >= 4 is 5.91 Å². The quantitative estimate of drug-likeness (QED) is 0.636. The molecule has 0 spiro atoms. The summed E-state index contributed by atoms with van der Waals surface area (Å²) in [5.74, 6) is 0.470. The van der Waals surface area contributed by atoms with Gasteiger partial charge in [0.25, 0.3) is 5.91 Å². The van der Waals surface area contributed by atoms with Crippen LogP contribution >= 0.6 is 0 Å². The van der Waals surface area contributed by atoms with Crippen LogP contribution in [-0.2, 0) is 19.4 Å². The van der Waals surface area contributed by atoms with Gasteiger partial charge in [0, 0.05) is 30.9 Å². The summed E-state index contributed by atoms with van der Waals surface area (Å²) in [4.78, 5) is 15.6. The Hall–Kier alpha value is -2.92. The number of carbonyl (C=O) groups excluding carboxylic acids is 1. The maximum Gasteiger partial charge on any atom is 0.272 e.